The van der Waals surface area contributed by atoms with Crippen molar-refractivity contribution in [3.63, 3.8) is 0 Å². The van der Waals surface area contributed by atoms with Gasteiger partial charge in [0.25, 0.3) is 5.91 Å². The van der Waals surface area contributed by atoms with E-state index in [0.29, 0.717) is 12.2 Å². The fourth-order valence-corrected chi connectivity index (χ4v) is 1.43. The Morgan fingerprint density at radius 2 is 2.41 bits per heavy atom. The summed E-state index contributed by atoms with van der Waals surface area (Å²) in [6.07, 6.45) is 6.34. The molecule has 0 bridgehead atoms. The maximum atomic E-state index is 11.6. The maximum Gasteiger partial charge on any atom is 0.271 e. The van der Waals surface area contributed by atoms with Gasteiger partial charge >= 0.3 is 0 Å². The molecule has 0 aromatic carbocycles. The lowest BCUT2D eigenvalue weighted by Gasteiger charge is -2.01. The van der Waals surface area contributed by atoms with Crippen LogP contribution in [0.25, 0.3) is 0 Å². The molecule has 17 heavy (non-hydrogen) atoms. The second-order valence-corrected chi connectivity index (χ2v) is 3.72. The number of aromatic amines is 1. The van der Waals surface area contributed by atoms with E-state index in [4.69, 9.17) is 0 Å². The van der Waals surface area contributed by atoms with Gasteiger partial charge in [-0.3, -0.25) is 9.89 Å². The minimum absolute atomic E-state index is 0.150. The Bertz CT molecular complexity index is 475. The van der Waals surface area contributed by atoms with Crippen molar-refractivity contribution in [1.29, 1.82) is 0 Å². The number of hydrogen-bond acceptors (Lipinski definition) is 4. The van der Waals surface area contributed by atoms with Gasteiger partial charge in [0.05, 0.1) is 6.33 Å². The van der Waals surface area contributed by atoms with E-state index in [2.05, 4.69) is 25.5 Å². The molecule has 2 heterocycles. The molecule has 0 spiro atoms. The topological polar surface area (TPSA) is 88.5 Å². The van der Waals surface area contributed by atoms with Crippen molar-refractivity contribution >= 4 is 5.91 Å². The van der Waals surface area contributed by atoms with E-state index >= 15 is 0 Å². The zero-order valence-corrected chi connectivity index (χ0v) is 9.55. The van der Waals surface area contributed by atoms with Crippen LogP contribution in [0.4, 0.5) is 0 Å². The SMILES string of the molecule is Cn1cnc(C(=O)NCCCc2ncn[nH]2)c1. The lowest BCUT2D eigenvalue weighted by Crippen LogP contribution is -2.25. The van der Waals surface area contributed by atoms with Crippen LogP contribution in [-0.2, 0) is 13.5 Å². The Labute approximate surface area is 98.3 Å². The van der Waals surface area contributed by atoms with Crippen molar-refractivity contribution in [2.75, 3.05) is 6.54 Å². The van der Waals surface area contributed by atoms with Crippen molar-refractivity contribution in [3.8, 4) is 0 Å². The molecule has 0 aliphatic carbocycles. The number of aryl methyl sites for hydroxylation is 2. The summed E-state index contributed by atoms with van der Waals surface area (Å²) >= 11 is 0. The normalized spacial score (nSPS) is 10.4. The number of aromatic nitrogens is 5. The molecule has 90 valence electrons. The summed E-state index contributed by atoms with van der Waals surface area (Å²) in [6, 6.07) is 0. The van der Waals surface area contributed by atoms with Crippen LogP contribution in [0, 0.1) is 0 Å². The predicted octanol–water partition coefficient (Wildman–Crippen LogP) is -0.0992. The molecule has 7 nitrogen and oxygen atoms in total. The first-order valence-electron chi connectivity index (χ1n) is 5.36. The third kappa shape index (κ3) is 3.13. The third-order valence-corrected chi connectivity index (χ3v) is 2.28. The van der Waals surface area contributed by atoms with Crippen LogP contribution < -0.4 is 5.32 Å². The van der Waals surface area contributed by atoms with Crippen molar-refractivity contribution < 1.29 is 4.79 Å². The van der Waals surface area contributed by atoms with Crippen LogP contribution in [0.15, 0.2) is 18.9 Å². The Morgan fingerprint density at radius 3 is 3.06 bits per heavy atom. The Kier molecular flexibility index (Phi) is 3.49. The van der Waals surface area contributed by atoms with E-state index in [-0.39, 0.29) is 5.91 Å². The van der Waals surface area contributed by atoms with Crippen LogP contribution in [0.1, 0.15) is 22.7 Å². The molecule has 0 aliphatic rings. The van der Waals surface area contributed by atoms with Gasteiger partial charge < -0.3 is 9.88 Å². The summed E-state index contributed by atoms with van der Waals surface area (Å²) in [5.74, 6) is 0.681. The van der Waals surface area contributed by atoms with Gasteiger partial charge in [-0.2, -0.15) is 5.10 Å². The summed E-state index contributed by atoms with van der Waals surface area (Å²) in [7, 11) is 1.83. The van der Waals surface area contributed by atoms with E-state index in [9.17, 15) is 4.79 Å². The number of rotatable bonds is 5. The van der Waals surface area contributed by atoms with E-state index in [1.165, 1.54) is 6.33 Å². The number of nitrogens with zero attached hydrogens (tertiary/aromatic N) is 4. The smallest absolute Gasteiger partial charge is 0.271 e. The molecular formula is C10H14N6O. The summed E-state index contributed by atoms with van der Waals surface area (Å²) in [5.41, 5.74) is 0.437. The Morgan fingerprint density at radius 1 is 1.53 bits per heavy atom. The van der Waals surface area contributed by atoms with E-state index in [1.807, 2.05) is 7.05 Å². The number of carbonyl (C=O) groups excluding carboxylic acids is 1. The summed E-state index contributed by atoms with van der Waals surface area (Å²) in [6.45, 7) is 0.593. The molecule has 2 rings (SSSR count). The average Bonchev–Trinajstić information content (AvgIpc) is 2.95. The highest BCUT2D eigenvalue weighted by molar-refractivity contribution is 5.91. The number of carbonyl (C=O) groups is 1. The first kappa shape index (κ1) is 11.3. The highest BCUT2D eigenvalue weighted by Crippen LogP contribution is 1.95. The molecule has 0 radical (unpaired) electrons. The molecule has 2 N–H and O–H groups in total. The van der Waals surface area contributed by atoms with Crippen LogP contribution in [0.2, 0.25) is 0 Å². The van der Waals surface area contributed by atoms with Gasteiger partial charge in [0.1, 0.15) is 17.8 Å². The molecule has 0 saturated carbocycles. The van der Waals surface area contributed by atoms with Crippen LogP contribution >= 0.6 is 0 Å². The quantitative estimate of drug-likeness (QED) is 0.707. The molecule has 1 amide bonds. The molecule has 0 atom stereocenters. The monoisotopic (exact) mass is 234 g/mol. The van der Waals surface area contributed by atoms with E-state index in [1.54, 1.807) is 17.1 Å². The fourth-order valence-electron chi connectivity index (χ4n) is 1.43. The van der Waals surface area contributed by atoms with Crippen LogP contribution in [-0.4, -0.2) is 37.2 Å². The standard InChI is InChI=1S/C10H14N6O/c1-16-5-8(13-7-16)10(17)11-4-2-3-9-12-6-14-15-9/h5-7H,2-4H2,1H3,(H,11,17)(H,12,14,15). The largest absolute Gasteiger partial charge is 0.351 e. The average molecular weight is 234 g/mol. The second-order valence-electron chi connectivity index (χ2n) is 3.72. The summed E-state index contributed by atoms with van der Waals surface area (Å²) in [4.78, 5) is 19.6. The van der Waals surface area contributed by atoms with Crippen molar-refractivity contribution in [2.45, 2.75) is 12.8 Å². The van der Waals surface area contributed by atoms with E-state index in [0.717, 1.165) is 18.7 Å². The van der Waals surface area contributed by atoms with Gasteiger partial charge in [0.15, 0.2) is 0 Å². The van der Waals surface area contributed by atoms with Crippen molar-refractivity contribution in [1.82, 2.24) is 30.0 Å². The molecule has 0 aliphatic heterocycles. The minimum atomic E-state index is -0.150. The number of amides is 1. The van der Waals surface area contributed by atoms with Crippen LogP contribution in [0.3, 0.4) is 0 Å². The summed E-state index contributed by atoms with van der Waals surface area (Å²) < 4.78 is 1.74. The molecule has 2 aromatic heterocycles. The number of H-pyrrole nitrogens is 1. The third-order valence-electron chi connectivity index (χ3n) is 2.28. The maximum absolute atomic E-state index is 11.6. The molecule has 7 heteroatoms. The van der Waals surface area contributed by atoms with Gasteiger partial charge in [-0.25, -0.2) is 9.97 Å². The molecule has 2 aromatic rings. The molecule has 0 saturated heterocycles. The van der Waals surface area contributed by atoms with Crippen molar-refractivity contribution in [2.24, 2.45) is 7.05 Å². The highest BCUT2D eigenvalue weighted by atomic mass is 16.1. The zero-order valence-electron chi connectivity index (χ0n) is 9.55. The van der Waals surface area contributed by atoms with Gasteiger partial charge in [0, 0.05) is 26.2 Å². The van der Waals surface area contributed by atoms with Gasteiger partial charge in [-0.05, 0) is 6.42 Å². The van der Waals surface area contributed by atoms with Crippen molar-refractivity contribution in [3.05, 3.63) is 30.4 Å². The summed E-state index contributed by atoms with van der Waals surface area (Å²) in [5, 5.41) is 9.32. The fraction of sp³-hybridized carbons (Fsp3) is 0.400. The second kappa shape index (κ2) is 5.24. The lowest BCUT2D eigenvalue weighted by atomic mass is 10.3. The minimum Gasteiger partial charge on any atom is -0.351 e. The number of nitrogens with one attached hydrogen (secondary N) is 2. The Hall–Kier alpha value is -2.18. The lowest BCUT2D eigenvalue weighted by molar-refractivity contribution is 0.0948. The molecular weight excluding hydrogens is 220 g/mol. The Balaban J connectivity index is 1.70. The molecule has 0 fully saturated rings. The van der Waals surface area contributed by atoms with Gasteiger partial charge in [0.2, 0.25) is 0 Å². The first-order chi connectivity index (χ1) is 8.25. The van der Waals surface area contributed by atoms with E-state index < -0.39 is 0 Å². The molecule has 0 unspecified atom stereocenters. The highest BCUT2D eigenvalue weighted by Gasteiger charge is 2.07. The zero-order chi connectivity index (χ0) is 12.1. The van der Waals surface area contributed by atoms with Crippen LogP contribution in [0.5, 0.6) is 0 Å². The number of hydrogen-bond donors (Lipinski definition) is 2. The first-order valence-corrected chi connectivity index (χ1v) is 5.36. The predicted molar refractivity (Wildman–Crippen MR) is 60.2 cm³/mol. The number of imidazole rings is 1. The van der Waals surface area contributed by atoms with Gasteiger partial charge in [-0.15, -0.1) is 0 Å². The van der Waals surface area contributed by atoms with Gasteiger partial charge in [-0.1, -0.05) is 0 Å².